The lowest BCUT2D eigenvalue weighted by molar-refractivity contribution is 0.127. The van der Waals surface area contributed by atoms with Crippen LogP contribution in [0.4, 0.5) is 9.18 Å². The van der Waals surface area contributed by atoms with Crippen LogP contribution in [0.5, 0.6) is 0 Å². The van der Waals surface area contributed by atoms with Crippen LogP contribution in [0.1, 0.15) is 31.4 Å². The lowest BCUT2D eigenvalue weighted by Gasteiger charge is -2.28. The van der Waals surface area contributed by atoms with Gasteiger partial charge in [-0.1, -0.05) is 23.8 Å². The molecule has 1 aromatic rings. The molecule has 19 heavy (non-hydrogen) atoms. The van der Waals surface area contributed by atoms with E-state index in [-0.39, 0.29) is 6.04 Å². The number of carboxylic acid groups (broad SMARTS) is 1. The number of hydrogen-bond donors (Lipinski definition) is 1. The van der Waals surface area contributed by atoms with Gasteiger partial charge >= 0.3 is 6.09 Å². The molecule has 0 unspecified atom stereocenters. The third-order valence-electron chi connectivity index (χ3n) is 3.49. The van der Waals surface area contributed by atoms with Crippen LogP contribution in [-0.2, 0) is 0 Å². The summed E-state index contributed by atoms with van der Waals surface area (Å²) in [6.45, 7) is 5.60. The number of hydrogen-bond acceptors (Lipinski definition) is 1. The summed E-state index contributed by atoms with van der Waals surface area (Å²) in [6.07, 6.45) is 0.161. The Labute approximate surface area is 116 Å². The first kappa shape index (κ1) is 13.9. The highest BCUT2D eigenvalue weighted by molar-refractivity contribution is 6.30. The molecule has 1 saturated heterocycles. The van der Waals surface area contributed by atoms with E-state index in [9.17, 15) is 14.3 Å². The van der Waals surface area contributed by atoms with Crippen molar-refractivity contribution in [3.05, 3.63) is 46.8 Å². The van der Waals surface area contributed by atoms with E-state index in [0.29, 0.717) is 23.4 Å². The van der Waals surface area contributed by atoms with Gasteiger partial charge in [0.25, 0.3) is 0 Å². The van der Waals surface area contributed by atoms with Crippen molar-refractivity contribution in [2.45, 2.75) is 31.8 Å². The quantitative estimate of drug-likeness (QED) is 0.825. The van der Waals surface area contributed by atoms with Gasteiger partial charge in [0, 0.05) is 10.6 Å². The van der Waals surface area contributed by atoms with Crippen molar-refractivity contribution >= 4 is 17.7 Å². The third kappa shape index (κ3) is 2.59. The van der Waals surface area contributed by atoms with Crippen molar-refractivity contribution in [1.29, 1.82) is 0 Å². The minimum atomic E-state index is -1.06. The minimum Gasteiger partial charge on any atom is -0.465 e. The van der Waals surface area contributed by atoms with Crippen LogP contribution in [0.15, 0.2) is 30.4 Å². The number of benzene rings is 1. The van der Waals surface area contributed by atoms with Crippen LogP contribution in [-0.4, -0.2) is 22.1 Å². The summed E-state index contributed by atoms with van der Waals surface area (Å²) < 4.78 is 13.9. The molecular formula is C14H15ClFNO2. The van der Waals surface area contributed by atoms with Gasteiger partial charge in [-0.05, 0) is 38.0 Å². The second kappa shape index (κ2) is 5.21. The smallest absolute Gasteiger partial charge is 0.408 e. The number of halogens is 2. The van der Waals surface area contributed by atoms with Gasteiger partial charge in [-0.15, -0.1) is 0 Å². The van der Waals surface area contributed by atoms with Gasteiger partial charge in [0.15, 0.2) is 0 Å². The van der Waals surface area contributed by atoms with E-state index < -0.39 is 18.0 Å². The van der Waals surface area contributed by atoms with Crippen LogP contribution in [0.3, 0.4) is 0 Å². The Bertz CT molecular complexity index is 532. The Hall–Kier alpha value is -1.55. The molecule has 2 atom stereocenters. The van der Waals surface area contributed by atoms with Gasteiger partial charge in [0.1, 0.15) is 5.82 Å². The third-order valence-corrected chi connectivity index (χ3v) is 3.73. The summed E-state index contributed by atoms with van der Waals surface area (Å²) >= 11 is 5.87. The average Bonchev–Trinajstić information content (AvgIpc) is 2.76. The Morgan fingerprint density at radius 2 is 2.21 bits per heavy atom. The van der Waals surface area contributed by atoms with Crippen molar-refractivity contribution in [2.24, 2.45) is 0 Å². The number of carbonyl (C=O) groups is 1. The summed E-state index contributed by atoms with van der Waals surface area (Å²) in [5.74, 6) is -0.428. The number of nitrogens with zero attached hydrogens (tertiary/aromatic N) is 1. The monoisotopic (exact) mass is 283 g/mol. The van der Waals surface area contributed by atoms with Crippen LogP contribution in [0.2, 0.25) is 5.02 Å². The predicted octanol–water partition coefficient (Wildman–Crippen LogP) is 4.24. The zero-order valence-electron chi connectivity index (χ0n) is 10.6. The normalized spacial score (nSPS) is 22.6. The Kier molecular flexibility index (Phi) is 3.80. The lowest BCUT2D eigenvalue weighted by atomic mass is 10.0. The predicted molar refractivity (Wildman–Crippen MR) is 71.9 cm³/mol. The Morgan fingerprint density at radius 1 is 1.53 bits per heavy atom. The van der Waals surface area contributed by atoms with E-state index in [0.717, 1.165) is 5.57 Å². The van der Waals surface area contributed by atoms with Crippen molar-refractivity contribution < 1.29 is 14.3 Å². The molecule has 1 aliphatic heterocycles. The number of rotatable bonds is 2. The van der Waals surface area contributed by atoms with Gasteiger partial charge in [-0.2, -0.15) is 0 Å². The van der Waals surface area contributed by atoms with Crippen LogP contribution < -0.4 is 0 Å². The molecular weight excluding hydrogens is 269 g/mol. The van der Waals surface area contributed by atoms with E-state index in [1.165, 1.54) is 23.1 Å². The molecule has 0 aliphatic carbocycles. The minimum absolute atomic E-state index is 0.263. The maximum Gasteiger partial charge on any atom is 0.408 e. The van der Waals surface area contributed by atoms with Crippen LogP contribution >= 0.6 is 11.6 Å². The molecule has 1 N–H and O–H groups in total. The fourth-order valence-corrected chi connectivity index (χ4v) is 2.82. The SMILES string of the molecule is C=C(C)[C@H]1CC[C@@H](c2cc(Cl)ccc2F)N1C(=O)O. The van der Waals surface area contributed by atoms with Crippen molar-refractivity contribution in [3.8, 4) is 0 Å². The average molecular weight is 284 g/mol. The summed E-state index contributed by atoms with van der Waals surface area (Å²) in [6, 6.07) is 3.46. The molecule has 1 aromatic carbocycles. The fourth-order valence-electron chi connectivity index (χ4n) is 2.64. The zero-order valence-corrected chi connectivity index (χ0v) is 11.3. The molecule has 2 rings (SSSR count). The molecule has 0 aromatic heterocycles. The van der Waals surface area contributed by atoms with Crippen molar-refractivity contribution in [3.63, 3.8) is 0 Å². The number of amides is 1. The van der Waals surface area contributed by atoms with E-state index in [1.807, 2.05) is 0 Å². The molecule has 0 radical (unpaired) electrons. The highest BCUT2D eigenvalue weighted by Gasteiger charge is 2.39. The maximum atomic E-state index is 13.9. The van der Waals surface area contributed by atoms with Crippen LogP contribution in [0, 0.1) is 5.82 Å². The van der Waals surface area contributed by atoms with Gasteiger partial charge in [0.2, 0.25) is 0 Å². The van der Waals surface area contributed by atoms with Gasteiger partial charge in [-0.3, -0.25) is 4.90 Å². The molecule has 1 heterocycles. The van der Waals surface area contributed by atoms with E-state index in [2.05, 4.69) is 6.58 Å². The maximum absolute atomic E-state index is 13.9. The Morgan fingerprint density at radius 3 is 2.79 bits per heavy atom. The first-order valence-corrected chi connectivity index (χ1v) is 6.41. The molecule has 1 aliphatic rings. The van der Waals surface area contributed by atoms with Crippen LogP contribution in [0.25, 0.3) is 0 Å². The highest BCUT2D eigenvalue weighted by Crippen LogP contribution is 2.40. The second-order valence-electron chi connectivity index (χ2n) is 4.81. The molecule has 1 fully saturated rings. The van der Waals surface area contributed by atoms with E-state index >= 15 is 0 Å². The van der Waals surface area contributed by atoms with Crippen molar-refractivity contribution in [1.82, 2.24) is 4.90 Å². The molecule has 3 nitrogen and oxygen atoms in total. The second-order valence-corrected chi connectivity index (χ2v) is 5.25. The van der Waals surface area contributed by atoms with E-state index in [1.54, 1.807) is 6.92 Å². The zero-order chi connectivity index (χ0) is 14.2. The summed E-state index contributed by atoms with van der Waals surface area (Å²) in [4.78, 5) is 12.7. The van der Waals surface area contributed by atoms with E-state index in [4.69, 9.17) is 11.6 Å². The van der Waals surface area contributed by atoms with Gasteiger partial charge in [0.05, 0.1) is 12.1 Å². The fraction of sp³-hybridized carbons (Fsp3) is 0.357. The summed E-state index contributed by atoms with van der Waals surface area (Å²) in [5, 5.41) is 9.76. The molecule has 0 saturated carbocycles. The molecule has 102 valence electrons. The largest absolute Gasteiger partial charge is 0.465 e. The molecule has 0 bridgehead atoms. The highest BCUT2D eigenvalue weighted by atomic mass is 35.5. The molecule has 1 amide bonds. The van der Waals surface area contributed by atoms with Gasteiger partial charge < -0.3 is 5.11 Å². The lowest BCUT2D eigenvalue weighted by Crippen LogP contribution is -2.37. The van der Waals surface area contributed by atoms with Gasteiger partial charge in [-0.25, -0.2) is 9.18 Å². The molecule has 5 heteroatoms. The summed E-state index contributed by atoms with van der Waals surface area (Å²) in [7, 11) is 0. The topological polar surface area (TPSA) is 40.5 Å². The summed E-state index contributed by atoms with van der Waals surface area (Å²) in [5.41, 5.74) is 1.10. The molecule has 0 spiro atoms. The number of likely N-dealkylation sites (tertiary alicyclic amines) is 1. The Balaban J connectivity index is 2.41. The first-order chi connectivity index (χ1) is 8.91. The standard InChI is InChI=1S/C14H15ClFNO2/c1-8(2)12-5-6-13(17(12)14(18)19)10-7-9(15)3-4-11(10)16/h3-4,7,12-13H,1,5-6H2,2H3,(H,18,19)/t12-,13+/m1/s1. The van der Waals surface area contributed by atoms with Crippen molar-refractivity contribution in [2.75, 3.05) is 0 Å². The first-order valence-electron chi connectivity index (χ1n) is 6.03.